The third kappa shape index (κ3) is 12.4. The quantitative estimate of drug-likeness (QED) is 0.131. The summed E-state index contributed by atoms with van der Waals surface area (Å²) in [7, 11) is -3.78. The number of ether oxygens (including phenoxy) is 1. The van der Waals surface area contributed by atoms with Gasteiger partial charge in [-0.05, 0) is 63.6 Å². The molecule has 2 aromatic rings. The summed E-state index contributed by atoms with van der Waals surface area (Å²) < 4.78 is 64.2. The van der Waals surface area contributed by atoms with Crippen LogP contribution in [0.15, 0.2) is 53.4 Å². The van der Waals surface area contributed by atoms with E-state index in [9.17, 15) is 31.2 Å². The number of aliphatic carboxylic acids is 1. The van der Waals surface area contributed by atoms with Gasteiger partial charge in [-0.1, -0.05) is 12.1 Å². The van der Waals surface area contributed by atoms with Gasteiger partial charge in [0.05, 0.1) is 10.5 Å². The van der Waals surface area contributed by atoms with Crippen molar-refractivity contribution in [3.63, 3.8) is 0 Å². The first kappa shape index (κ1) is 33.0. The third-order valence-electron chi connectivity index (χ3n) is 4.37. The molecule has 0 aliphatic rings. The number of nitrogens with two attached hydrogens (primary N) is 1. The maximum atomic E-state index is 12.4. The van der Waals surface area contributed by atoms with Crippen LogP contribution < -0.4 is 15.8 Å². The molecule has 11 nitrogen and oxygen atoms in total. The van der Waals surface area contributed by atoms with Crippen molar-refractivity contribution in [3.8, 4) is 0 Å². The summed E-state index contributed by atoms with van der Waals surface area (Å²) in [5.41, 5.74) is 6.00. The number of carboxylic acid groups (broad SMARTS) is 1. The monoisotopic (exact) mass is 574 g/mol. The van der Waals surface area contributed by atoms with Crippen LogP contribution in [-0.2, 0) is 24.3 Å². The molecule has 214 valence electrons. The van der Waals surface area contributed by atoms with E-state index >= 15 is 0 Å². The Labute approximate surface area is 223 Å². The lowest BCUT2D eigenvalue weighted by Gasteiger charge is -2.19. The van der Waals surface area contributed by atoms with Crippen molar-refractivity contribution >= 4 is 39.4 Å². The van der Waals surface area contributed by atoms with Crippen molar-refractivity contribution in [1.29, 1.82) is 5.41 Å². The first-order valence-corrected chi connectivity index (χ1v) is 12.7. The second-order valence-corrected chi connectivity index (χ2v) is 10.6. The number of carboxylic acids is 1. The van der Waals surface area contributed by atoms with Crippen molar-refractivity contribution in [2.24, 2.45) is 5.73 Å². The van der Waals surface area contributed by atoms with E-state index in [1.807, 2.05) is 0 Å². The Morgan fingerprint density at radius 2 is 1.59 bits per heavy atom. The molecule has 0 saturated carbocycles. The van der Waals surface area contributed by atoms with Gasteiger partial charge >= 0.3 is 18.1 Å². The summed E-state index contributed by atoms with van der Waals surface area (Å²) in [6, 6.07) is 12.1. The predicted octanol–water partition coefficient (Wildman–Crippen LogP) is 3.26. The van der Waals surface area contributed by atoms with Crippen molar-refractivity contribution in [2.75, 3.05) is 11.9 Å². The number of amidine groups is 1. The van der Waals surface area contributed by atoms with Crippen LogP contribution in [0.25, 0.3) is 0 Å². The van der Waals surface area contributed by atoms with E-state index in [1.54, 1.807) is 51.1 Å². The topological polar surface area (TPSA) is 189 Å². The highest BCUT2D eigenvalue weighted by Gasteiger charge is 2.38. The maximum Gasteiger partial charge on any atom is 0.490 e. The molecule has 0 saturated heterocycles. The molecule has 6 N–H and O–H groups in total. The number of hydrogen-bond acceptors (Lipinski definition) is 7. The van der Waals surface area contributed by atoms with Crippen LogP contribution in [0.4, 0.5) is 18.9 Å². The number of esters is 1. The number of carbonyl (C=O) groups excluding carboxylic acids is 2. The Morgan fingerprint density at radius 1 is 1.03 bits per heavy atom. The Balaban J connectivity index is 0.000000956. The first-order valence-electron chi connectivity index (χ1n) is 11.2. The van der Waals surface area contributed by atoms with Crippen molar-refractivity contribution in [1.82, 2.24) is 4.72 Å². The molecule has 0 aliphatic carbocycles. The highest BCUT2D eigenvalue weighted by molar-refractivity contribution is 7.89. The van der Waals surface area contributed by atoms with E-state index < -0.39 is 33.7 Å². The number of nitrogen functional groups attached to an aromatic ring is 1. The lowest BCUT2D eigenvalue weighted by Crippen LogP contribution is -2.26. The molecule has 0 bridgehead atoms. The van der Waals surface area contributed by atoms with Crippen LogP contribution in [0.5, 0.6) is 0 Å². The largest absolute Gasteiger partial charge is 0.490 e. The molecule has 0 heterocycles. The van der Waals surface area contributed by atoms with E-state index in [-0.39, 0.29) is 36.0 Å². The van der Waals surface area contributed by atoms with Gasteiger partial charge in [0.2, 0.25) is 15.9 Å². The molecular formula is C24H29F3N4O7S. The first-order chi connectivity index (χ1) is 17.8. The number of alkyl halides is 3. The van der Waals surface area contributed by atoms with Crippen LogP contribution in [0.1, 0.15) is 49.5 Å². The number of benzene rings is 2. The molecule has 15 heteroatoms. The van der Waals surface area contributed by atoms with Gasteiger partial charge < -0.3 is 20.9 Å². The number of amides is 1. The number of carbonyl (C=O) groups is 3. The maximum absolute atomic E-state index is 12.4. The molecule has 0 spiro atoms. The second kappa shape index (κ2) is 13.7. The molecule has 39 heavy (non-hydrogen) atoms. The minimum atomic E-state index is -5.08. The summed E-state index contributed by atoms with van der Waals surface area (Å²) in [4.78, 5) is 33.0. The van der Waals surface area contributed by atoms with Gasteiger partial charge in [-0.15, -0.1) is 0 Å². The van der Waals surface area contributed by atoms with Gasteiger partial charge in [-0.3, -0.25) is 10.2 Å². The molecule has 0 fully saturated rings. The van der Waals surface area contributed by atoms with Crippen LogP contribution >= 0.6 is 0 Å². The van der Waals surface area contributed by atoms with E-state index in [0.717, 1.165) is 0 Å². The molecule has 2 aromatic carbocycles. The van der Waals surface area contributed by atoms with Gasteiger partial charge in [-0.2, -0.15) is 13.2 Å². The SMILES string of the molecule is CC(C)(C)OC(=O)c1ccc(NC(=O)CCCNS(=O)(=O)c2cccc(C(=N)N)c2)cc1.O=C(O)C(F)(F)F. The molecule has 0 unspecified atom stereocenters. The smallest absolute Gasteiger partial charge is 0.475 e. The minimum Gasteiger partial charge on any atom is -0.475 e. The molecule has 2 rings (SSSR count). The van der Waals surface area contributed by atoms with Crippen molar-refractivity contribution in [3.05, 3.63) is 59.7 Å². The van der Waals surface area contributed by atoms with Gasteiger partial charge in [0.25, 0.3) is 0 Å². The molecule has 0 aliphatic heterocycles. The fourth-order valence-corrected chi connectivity index (χ4v) is 3.74. The Morgan fingerprint density at radius 3 is 2.08 bits per heavy atom. The second-order valence-electron chi connectivity index (χ2n) is 8.87. The van der Waals surface area contributed by atoms with E-state index in [2.05, 4.69) is 10.0 Å². The lowest BCUT2D eigenvalue weighted by atomic mass is 10.1. The van der Waals surface area contributed by atoms with E-state index in [0.29, 0.717) is 16.8 Å². The summed E-state index contributed by atoms with van der Waals surface area (Å²) >= 11 is 0. The Kier molecular flexibility index (Phi) is 11.6. The number of sulfonamides is 1. The molecule has 0 atom stereocenters. The number of anilines is 1. The Bertz CT molecular complexity index is 1290. The average Bonchev–Trinajstić information content (AvgIpc) is 2.81. The van der Waals surface area contributed by atoms with Crippen LogP contribution in [0.3, 0.4) is 0 Å². The normalized spacial score (nSPS) is 11.5. The average molecular weight is 575 g/mol. The minimum absolute atomic E-state index is 0.000251. The van der Waals surface area contributed by atoms with Crippen LogP contribution in [0, 0.1) is 5.41 Å². The fraction of sp³-hybridized carbons (Fsp3) is 0.333. The summed E-state index contributed by atoms with van der Waals surface area (Å²) in [5.74, 6) is -3.71. The third-order valence-corrected chi connectivity index (χ3v) is 5.83. The Hall–Kier alpha value is -3.98. The molecule has 1 amide bonds. The zero-order chi connectivity index (χ0) is 30.0. The van der Waals surface area contributed by atoms with E-state index in [4.69, 9.17) is 25.8 Å². The number of rotatable bonds is 9. The standard InChI is InChI=1S/C22H28N4O5S.C2HF3O2/c1-22(2,3)31-21(28)15-9-11-17(12-10-15)26-19(27)8-5-13-25-32(29,30)18-7-4-6-16(14-18)20(23)24;3-2(4,5)1(6)7/h4,6-7,9-12,14,25H,5,8,13H2,1-3H3,(H3,23,24)(H,26,27);(H,6,7). The zero-order valence-corrected chi connectivity index (χ0v) is 22.1. The lowest BCUT2D eigenvalue weighted by molar-refractivity contribution is -0.192. The van der Waals surface area contributed by atoms with Gasteiger partial charge in [0, 0.05) is 24.2 Å². The molecular weight excluding hydrogens is 545 g/mol. The zero-order valence-electron chi connectivity index (χ0n) is 21.3. The number of halogens is 3. The highest BCUT2D eigenvalue weighted by Crippen LogP contribution is 2.16. The molecule has 0 aromatic heterocycles. The van der Waals surface area contributed by atoms with Gasteiger partial charge in [0.1, 0.15) is 11.4 Å². The summed E-state index contributed by atoms with van der Waals surface area (Å²) in [6.45, 7) is 5.41. The molecule has 0 radical (unpaired) electrons. The summed E-state index contributed by atoms with van der Waals surface area (Å²) in [6.07, 6.45) is -4.70. The van der Waals surface area contributed by atoms with Crippen LogP contribution in [0.2, 0.25) is 0 Å². The van der Waals surface area contributed by atoms with Crippen molar-refractivity contribution < 1.29 is 45.8 Å². The van der Waals surface area contributed by atoms with Gasteiger partial charge in [-0.25, -0.2) is 22.7 Å². The van der Waals surface area contributed by atoms with Crippen molar-refractivity contribution in [2.45, 2.75) is 50.3 Å². The number of hydrogen-bond donors (Lipinski definition) is 5. The fourth-order valence-electron chi connectivity index (χ4n) is 2.62. The summed E-state index contributed by atoms with van der Waals surface area (Å²) in [5, 5.41) is 17.2. The predicted molar refractivity (Wildman–Crippen MR) is 136 cm³/mol. The number of nitrogens with one attached hydrogen (secondary N) is 3. The van der Waals surface area contributed by atoms with Crippen LogP contribution in [-0.4, -0.2) is 55.5 Å². The highest BCUT2D eigenvalue weighted by atomic mass is 32.2. The van der Waals surface area contributed by atoms with Gasteiger partial charge in [0.15, 0.2) is 0 Å². The van der Waals surface area contributed by atoms with E-state index in [1.165, 1.54) is 18.2 Å².